The van der Waals surface area contributed by atoms with Crippen LogP contribution in [0.3, 0.4) is 0 Å². The summed E-state index contributed by atoms with van der Waals surface area (Å²) in [5.41, 5.74) is 0.395. The number of rotatable bonds is 11. The maximum Gasteiger partial charge on any atom is 0.339 e. The fourth-order valence-electron chi connectivity index (χ4n) is 2.20. The van der Waals surface area contributed by atoms with Gasteiger partial charge in [0.1, 0.15) is 19.0 Å². The average molecular weight is 458 g/mol. The summed E-state index contributed by atoms with van der Waals surface area (Å²) in [6, 6.07) is 11.8. The highest BCUT2D eigenvalue weighted by Crippen LogP contribution is 2.27. The number of nitrogens with one attached hydrogen (secondary N) is 1. The van der Waals surface area contributed by atoms with E-state index in [0.717, 1.165) is 0 Å². The molecule has 0 fully saturated rings. The Morgan fingerprint density at radius 3 is 2.62 bits per heavy atom. The Labute approximate surface area is 183 Å². The smallest absolute Gasteiger partial charge is 0.339 e. The molecule has 0 aliphatic heterocycles. The highest BCUT2D eigenvalue weighted by molar-refractivity contribution is 8.00. The molecule has 0 heterocycles. The van der Waals surface area contributed by atoms with Crippen LogP contribution in [0.25, 0.3) is 0 Å². The zero-order valence-corrected chi connectivity index (χ0v) is 18.1. The van der Waals surface area contributed by atoms with Crippen LogP contribution in [0.15, 0.2) is 47.4 Å². The van der Waals surface area contributed by atoms with E-state index >= 15 is 0 Å². The number of esters is 1. The molecular weight excluding hydrogens is 437 g/mol. The monoisotopic (exact) mass is 457 g/mol. The molecule has 0 unspecified atom stereocenters. The van der Waals surface area contributed by atoms with Crippen LogP contribution in [0.4, 0.5) is 0 Å². The molecule has 0 aliphatic rings. The number of carbonyl (C=O) groups excluding carboxylic acids is 2. The maximum absolute atomic E-state index is 12.4. The minimum absolute atomic E-state index is 0.0499. The average Bonchev–Trinajstić information content (AvgIpc) is 2.71. The number of hydrogen-bond donors (Lipinski definition) is 1. The van der Waals surface area contributed by atoms with Gasteiger partial charge in [0.05, 0.1) is 22.9 Å². The van der Waals surface area contributed by atoms with Crippen LogP contribution in [0.2, 0.25) is 10.0 Å². The van der Waals surface area contributed by atoms with Crippen LogP contribution >= 0.6 is 35.0 Å². The predicted molar refractivity (Wildman–Crippen MR) is 114 cm³/mol. The summed E-state index contributed by atoms with van der Waals surface area (Å²) in [6.07, 6.45) is 0. The molecule has 29 heavy (non-hydrogen) atoms. The van der Waals surface area contributed by atoms with Gasteiger partial charge in [-0.05, 0) is 30.3 Å². The first-order chi connectivity index (χ1) is 14.0. The number of hydrogen-bond acceptors (Lipinski definition) is 6. The number of carbonyl (C=O) groups is 2. The largest absolute Gasteiger partial charge is 0.488 e. The molecule has 0 spiro atoms. The summed E-state index contributed by atoms with van der Waals surface area (Å²) >= 11 is 13.1. The Bertz CT molecular complexity index is 834. The van der Waals surface area contributed by atoms with E-state index in [1.807, 2.05) is 0 Å². The van der Waals surface area contributed by atoms with E-state index in [-0.39, 0.29) is 24.9 Å². The zero-order valence-electron chi connectivity index (χ0n) is 15.8. The summed E-state index contributed by atoms with van der Waals surface area (Å²) in [5.74, 6) is 0.0244. The molecular formula is C20H21Cl2NO5S. The number of methoxy groups -OCH3 is 1. The van der Waals surface area contributed by atoms with E-state index in [9.17, 15) is 9.59 Å². The molecule has 2 aromatic carbocycles. The molecule has 0 atom stereocenters. The van der Waals surface area contributed by atoms with Gasteiger partial charge in [0, 0.05) is 23.6 Å². The molecule has 0 saturated carbocycles. The third-order valence-electron chi connectivity index (χ3n) is 3.56. The Kier molecular flexibility index (Phi) is 10.1. The van der Waals surface area contributed by atoms with E-state index in [1.165, 1.54) is 11.8 Å². The maximum atomic E-state index is 12.4. The lowest BCUT2D eigenvalue weighted by Gasteiger charge is -2.11. The number of halogens is 2. The van der Waals surface area contributed by atoms with Gasteiger partial charge >= 0.3 is 5.97 Å². The van der Waals surface area contributed by atoms with Gasteiger partial charge in [0.15, 0.2) is 0 Å². The summed E-state index contributed by atoms with van der Waals surface area (Å²) in [7, 11) is 1.57. The van der Waals surface area contributed by atoms with Crippen molar-refractivity contribution in [3.05, 3.63) is 58.1 Å². The Hall–Kier alpha value is -1.93. The molecule has 1 N–H and O–H groups in total. The second kappa shape index (κ2) is 12.6. The minimum atomic E-state index is -0.487. The van der Waals surface area contributed by atoms with Gasteiger partial charge < -0.3 is 19.5 Å². The van der Waals surface area contributed by atoms with Crippen LogP contribution in [0.1, 0.15) is 10.4 Å². The van der Waals surface area contributed by atoms with E-state index < -0.39 is 5.97 Å². The molecule has 9 heteroatoms. The number of amides is 1. The molecule has 2 aromatic rings. The molecule has 156 valence electrons. The molecule has 0 aliphatic carbocycles. The van der Waals surface area contributed by atoms with Crippen LogP contribution in [-0.2, 0) is 14.3 Å². The van der Waals surface area contributed by atoms with E-state index in [1.54, 1.807) is 49.6 Å². The van der Waals surface area contributed by atoms with Crippen LogP contribution in [0, 0.1) is 0 Å². The Balaban J connectivity index is 1.82. The normalized spacial score (nSPS) is 10.4. The second-order valence-electron chi connectivity index (χ2n) is 5.69. The highest BCUT2D eigenvalue weighted by Gasteiger charge is 2.14. The van der Waals surface area contributed by atoms with Crippen molar-refractivity contribution in [1.29, 1.82) is 0 Å². The first-order valence-electron chi connectivity index (χ1n) is 8.73. The van der Waals surface area contributed by atoms with E-state index in [2.05, 4.69) is 5.32 Å². The summed E-state index contributed by atoms with van der Waals surface area (Å²) in [4.78, 5) is 24.9. The quantitative estimate of drug-likeness (QED) is 0.311. The van der Waals surface area contributed by atoms with E-state index in [0.29, 0.717) is 39.4 Å². The molecule has 2 rings (SSSR count). The van der Waals surface area contributed by atoms with Crippen molar-refractivity contribution in [2.75, 3.05) is 39.2 Å². The first-order valence-corrected chi connectivity index (χ1v) is 10.5. The van der Waals surface area contributed by atoms with Gasteiger partial charge in [-0.15, -0.1) is 11.8 Å². The lowest BCUT2D eigenvalue weighted by Crippen LogP contribution is -2.28. The lowest BCUT2D eigenvalue weighted by atomic mass is 10.2. The van der Waals surface area contributed by atoms with E-state index in [4.69, 9.17) is 37.4 Å². The summed E-state index contributed by atoms with van der Waals surface area (Å²) < 4.78 is 15.7. The summed E-state index contributed by atoms with van der Waals surface area (Å²) in [5, 5.41) is 3.62. The van der Waals surface area contributed by atoms with Crippen molar-refractivity contribution in [1.82, 2.24) is 5.32 Å². The molecule has 0 saturated heterocycles. The van der Waals surface area contributed by atoms with Crippen LogP contribution < -0.4 is 10.1 Å². The standard InChI is InChI=1S/C20H21Cl2NO5S/c1-26-9-8-23-19(24)13-29-18-5-3-2-4-15(18)20(25)28-11-10-27-17-7-6-14(21)12-16(17)22/h2-7,12H,8-11,13H2,1H3,(H,23,24). The van der Waals surface area contributed by atoms with Crippen molar-refractivity contribution in [2.24, 2.45) is 0 Å². The van der Waals surface area contributed by atoms with Gasteiger partial charge in [0.25, 0.3) is 0 Å². The topological polar surface area (TPSA) is 73.9 Å². The van der Waals surface area contributed by atoms with Gasteiger partial charge in [-0.2, -0.15) is 0 Å². The van der Waals surface area contributed by atoms with Crippen molar-refractivity contribution >= 4 is 46.8 Å². The molecule has 0 radical (unpaired) electrons. The minimum Gasteiger partial charge on any atom is -0.488 e. The summed E-state index contributed by atoms with van der Waals surface area (Å²) in [6.45, 7) is 1.08. The van der Waals surface area contributed by atoms with Crippen LogP contribution in [0.5, 0.6) is 5.75 Å². The molecule has 1 amide bonds. The van der Waals surface area contributed by atoms with Crippen molar-refractivity contribution in [3.8, 4) is 5.75 Å². The van der Waals surface area contributed by atoms with Crippen LogP contribution in [-0.4, -0.2) is 51.1 Å². The first kappa shape index (κ1) is 23.3. The molecule has 0 aromatic heterocycles. The fourth-order valence-corrected chi connectivity index (χ4v) is 3.54. The fraction of sp³-hybridized carbons (Fsp3) is 0.300. The van der Waals surface area contributed by atoms with Crippen molar-refractivity contribution < 1.29 is 23.8 Å². The molecule has 6 nitrogen and oxygen atoms in total. The lowest BCUT2D eigenvalue weighted by molar-refractivity contribution is -0.118. The number of benzene rings is 2. The van der Waals surface area contributed by atoms with Crippen molar-refractivity contribution in [2.45, 2.75) is 4.90 Å². The zero-order chi connectivity index (χ0) is 21.1. The second-order valence-corrected chi connectivity index (χ2v) is 7.55. The number of thioether (sulfide) groups is 1. The number of ether oxygens (including phenoxy) is 3. The highest BCUT2D eigenvalue weighted by atomic mass is 35.5. The van der Waals surface area contributed by atoms with Gasteiger partial charge in [-0.25, -0.2) is 4.79 Å². The third kappa shape index (κ3) is 8.14. The van der Waals surface area contributed by atoms with Gasteiger partial charge in [-0.3, -0.25) is 4.79 Å². The SMILES string of the molecule is COCCNC(=O)CSc1ccccc1C(=O)OCCOc1ccc(Cl)cc1Cl. The molecule has 0 bridgehead atoms. The van der Waals surface area contributed by atoms with Gasteiger partial charge in [0.2, 0.25) is 5.91 Å². The van der Waals surface area contributed by atoms with Gasteiger partial charge in [-0.1, -0.05) is 35.3 Å². The van der Waals surface area contributed by atoms with Crippen molar-refractivity contribution in [3.63, 3.8) is 0 Å². The predicted octanol–water partition coefficient (Wildman–Crippen LogP) is 4.08. The third-order valence-corrected chi connectivity index (χ3v) is 5.17. The Morgan fingerprint density at radius 1 is 1.07 bits per heavy atom. The Morgan fingerprint density at radius 2 is 1.86 bits per heavy atom.